The molecule has 0 unspecified atom stereocenters. The first kappa shape index (κ1) is 19.8. The standard InChI is InChI=1S/C22H22N4O4/c27-19(23-14-18-12-7-13-29-18)15-30-22(28)20-24-21(16-8-3-1-4-9-16)26(25-20)17-10-5-2-6-11-17/h1-6,8-11,18H,7,12-15H2,(H,23,27)/t18-/m0/s1. The Kier molecular flexibility index (Phi) is 6.14. The molecule has 1 amide bonds. The van der Waals surface area contributed by atoms with Gasteiger partial charge in [-0.25, -0.2) is 14.5 Å². The number of hydrogen-bond donors (Lipinski definition) is 1. The van der Waals surface area contributed by atoms with Crippen LogP contribution in [0.15, 0.2) is 60.7 Å². The second kappa shape index (κ2) is 9.32. The minimum absolute atomic E-state index is 0.0290. The molecule has 3 aromatic rings. The molecule has 1 N–H and O–H groups in total. The lowest BCUT2D eigenvalue weighted by Gasteiger charge is -2.10. The summed E-state index contributed by atoms with van der Waals surface area (Å²) in [5.74, 6) is -0.736. The predicted molar refractivity (Wildman–Crippen MR) is 109 cm³/mol. The molecule has 0 radical (unpaired) electrons. The van der Waals surface area contributed by atoms with Crippen LogP contribution in [0.25, 0.3) is 17.1 Å². The average molecular weight is 406 g/mol. The topological polar surface area (TPSA) is 95.3 Å². The first-order valence-electron chi connectivity index (χ1n) is 9.84. The van der Waals surface area contributed by atoms with Crippen LogP contribution in [0.4, 0.5) is 0 Å². The van der Waals surface area contributed by atoms with Crippen molar-refractivity contribution < 1.29 is 19.1 Å². The van der Waals surface area contributed by atoms with Crippen molar-refractivity contribution in [3.05, 3.63) is 66.5 Å². The number of nitrogens with one attached hydrogen (secondary N) is 1. The van der Waals surface area contributed by atoms with Crippen molar-refractivity contribution in [2.75, 3.05) is 19.8 Å². The molecule has 1 aliphatic rings. The Morgan fingerprint density at radius 2 is 1.83 bits per heavy atom. The molecular weight excluding hydrogens is 384 g/mol. The molecule has 1 aliphatic heterocycles. The van der Waals surface area contributed by atoms with E-state index in [-0.39, 0.29) is 17.8 Å². The van der Waals surface area contributed by atoms with Gasteiger partial charge in [-0.2, -0.15) is 0 Å². The summed E-state index contributed by atoms with van der Waals surface area (Å²) in [5, 5.41) is 7.04. The summed E-state index contributed by atoms with van der Waals surface area (Å²) < 4.78 is 12.2. The predicted octanol–water partition coefficient (Wildman–Crippen LogP) is 2.39. The van der Waals surface area contributed by atoms with Crippen LogP contribution in [0.1, 0.15) is 23.5 Å². The third kappa shape index (κ3) is 4.72. The third-order valence-electron chi connectivity index (χ3n) is 4.71. The molecule has 0 aliphatic carbocycles. The van der Waals surface area contributed by atoms with E-state index in [1.54, 1.807) is 4.68 Å². The Morgan fingerprint density at radius 3 is 2.53 bits per heavy atom. The summed E-state index contributed by atoms with van der Waals surface area (Å²) in [5.41, 5.74) is 1.57. The summed E-state index contributed by atoms with van der Waals surface area (Å²) in [7, 11) is 0. The highest BCUT2D eigenvalue weighted by atomic mass is 16.5. The molecule has 1 fully saturated rings. The molecule has 154 valence electrons. The van der Waals surface area contributed by atoms with Gasteiger partial charge in [-0.05, 0) is 25.0 Å². The molecule has 1 aromatic heterocycles. The van der Waals surface area contributed by atoms with Crippen molar-refractivity contribution in [1.82, 2.24) is 20.1 Å². The largest absolute Gasteiger partial charge is 0.450 e. The highest BCUT2D eigenvalue weighted by Gasteiger charge is 2.21. The Balaban J connectivity index is 1.46. The maximum atomic E-state index is 12.5. The lowest BCUT2D eigenvalue weighted by Crippen LogP contribution is -2.34. The number of hydrogen-bond acceptors (Lipinski definition) is 6. The van der Waals surface area contributed by atoms with Crippen LogP contribution in [-0.2, 0) is 14.3 Å². The molecule has 4 rings (SSSR count). The molecule has 0 saturated carbocycles. The van der Waals surface area contributed by atoms with Gasteiger partial charge in [0.15, 0.2) is 12.4 Å². The fourth-order valence-corrected chi connectivity index (χ4v) is 3.20. The van der Waals surface area contributed by atoms with E-state index in [1.165, 1.54) is 0 Å². The number of benzene rings is 2. The van der Waals surface area contributed by atoms with E-state index in [4.69, 9.17) is 9.47 Å². The number of ether oxygens (including phenoxy) is 2. The zero-order chi connectivity index (χ0) is 20.8. The molecule has 8 heteroatoms. The second-order valence-corrected chi connectivity index (χ2v) is 6.89. The summed E-state index contributed by atoms with van der Waals surface area (Å²) in [6.45, 7) is 0.733. The van der Waals surface area contributed by atoms with E-state index in [1.807, 2.05) is 60.7 Å². The van der Waals surface area contributed by atoms with Crippen molar-refractivity contribution in [1.29, 1.82) is 0 Å². The quantitative estimate of drug-likeness (QED) is 0.606. The Morgan fingerprint density at radius 1 is 1.10 bits per heavy atom. The van der Waals surface area contributed by atoms with Crippen LogP contribution in [-0.4, -0.2) is 52.5 Å². The molecule has 8 nitrogen and oxygen atoms in total. The van der Waals surface area contributed by atoms with Crippen LogP contribution >= 0.6 is 0 Å². The van der Waals surface area contributed by atoms with E-state index in [0.29, 0.717) is 12.4 Å². The first-order valence-corrected chi connectivity index (χ1v) is 9.84. The molecule has 2 heterocycles. The number of esters is 1. The Hall–Kier alpha value is -3.52. The lowest BCUT2D eigenvalue weighted by molar-refractivity contribution is -0.124. The molecule has 0 bridgehead atoms. The van der Waals surface area contributed by atoms with Gasteiger partial charge in [0.25, 0.3) is 11.7 Å². The van der Waals surface area contributed by atoms with Gasteiger partial charge in [-0.3, -0.25) is 4.79 Å². The van der Waals surface area contributed by atoms with Gasteiger partial charge in [0.2, 0.25) is 0 Å². The van der Waals surface area contributed by atoms with Crippen molar-refractivity contribution in [3.8, 4) is 17.1 Å². The highest BCUT2D eigenvalue weighted by molar-refractivity contribution is 5.88. The van der Waals surface area contributed by atoms with Crippen LogP contribution in [0.2, 0.25) is 0 Å². The number of carbonyl (C=O) groups excluding carboxylic acids is 2. The van der Waals surface area contributed by atoms with Gasteiger partial charge < -0.3 is 14.8 Å². The van der Waals surface area contributed by atoms with Crippen LogP contribution in [0.5, 0.6) is 0 Å². The minimum atomic E-state index is -0.755. The van der Waals surface area contributed by atoms with Crippen molar-refractivity contribution in [2.24, 2.45) is 0 Å². The summed E-state index contributed by atoms with van der Waals surface area (Å²) in [6, 6.07) is 18.8. The monoisotopic (exact) mass is 406 g/mol. The van der Waals surface area contributed by atoms with Crippen molar-refractivity contribution >= 4 is 11.9 Å². The Bertz CT molecular complexity index is 941. The molecule has 30 heavy (non-hydrogen) atoms. The van der Waals surface area contributed by atoms with E-state index < -0.39 is 12.6 Å². The second-order valence-electron chi connectivity index (χ2n) is 6.89. The molecular formula is C22H22N4O4. The van der Waals surface area contributed by atoms with E-state index in [0.717, 1.165) is 30.7 Å². The normalized spacial score (nSPS) is 15.7. The van der Waals surface area contributed by atoms with Gasteiger partial charge in [0.05, 0.1) is 11.8 Å². The van der Waals surface area contributed by atoms with E-state index >= 15 is 0 Å². The zero-order valence-corrected chi connectivity index (χ0v) is 16.4. The van der Waals surface area contributed by atoms with Gasteiger partial charge in [-0.15, -0.1) is 5.10 Å². The van der Waals surface area contributed by atoms with Gasteiger partial charge in [0.1, 0.15) is 0 Å². The fourth-order valence-electron chi connectivity index (χ4n) is 3.20. The molecule has 2 aromatic carbocycles. The van der Waals surface area contributed by atoms with Gasteiger partial charge in [0, 0.05) is 18.7 Å². The maximum Gasteiger partial charge on any atom is 0.378 e. The lowest BCUT2D eigenvalue weighted by atomic mass is 10.2. The number of rotatable bonds is 7. The molecule has 1 atom stereocenters. The van der Waals surface area contributed by atoms with Crippen molar-refractivity contribution in [3.63, 3.8) is 0 Å². The average Bonchev–Trinajstić information content (AvgIpc) is 3.47. The van der Waals surface area contributed by atoms with Gasteiger partial charge >= 0.3 is 5.97 Å². The minimum Gasteiger partial charge on any atom is -0.450 e. The van der Waals surface area contributed by atoms with E-state index in [2.05, 4.69) is 15.4 Å². The van der Waals surface area contributed by atoms with Crippen LogP contribution < -0.4 is 5.32 Å². The Labute approximate surface area is 173 Å². The van der Waals surface area contributed by atoms with Crippen LogP contribution in [0, 0.1) is 0 Å². The number of para-hydroxylation sites is 1. The third-order valence-corrected chi connectivity index (χ3v) is 4.71. The SMILES string of the molecule is O=C(COC(=O)c1nc(-c2ccccc2)n(-c2ccccc2)n1)NC[C@@H]1CCCO1. The number of carbonyl (C=O) groups is 2. The maximum absolute atomic E-state index is 12.5. The molecule has 0 spiro atoms. The number of aromatic nitrogens is 3. The highest BCUT2D eigenvalue weighted by Crippen LogP contribution is 2.21. The van der Waals surface area contributed by atoms with Gasteiger partial charge in [-0.1, -0.05) is 48.5 Å². The number of nitrogens with zero attached hydrogens (tertiary/aromatic N) is 3. The smallest absolute Gasteiger partial charge is 0.378 e. The zero-order valence-electron chi connectivity index (χ0n) is 16.4. The summed E-state index contributed by atoms with van der Waals surface area (Å²) in [6.07, 6.45) is 1.94. The summed E-state index contributed by atoms with van der Waals surface area (Å²) >= 11 is 0. The van der Waals surface area contributed by atoms with Crippen LogP contribution in [0.3, 0.4) is 0 Å². The first-order chi connectivity index (χ1) is 14.7. The molecule has 1 saturated heterocycles. The fraction of sp³-hybridized carbons (Fsp3) is 0.273. The summed E-state index contributed by atoms with van der Waals surface area (Å²) in [4.78, 5) is 28.8. The van der Waals surface area contributed by atoms with E-state index in [9.17, 15) is 9.59 Å². The number of amides is 1. The van der Waals surface area contributed by atoms with Crippen molar-refractivity contribution in [2.45, 2.75) is 18.9 Å².